The van der Waals surface area contributed by atoms with E-state index < -0.39 is 0 Å². The van der Waals surface area contributed by atoms with E-state index in [0.29, 0.717) is 11.9 Å². The van der Waals surface area contributed by atoms with Gasteiger partial charge in [-0.15, -0.1) is 11.3 Å². The zero-order valence-corrected chi connectivity index (χ0v) is 21.9. The van der Waals surface area contributed by atoms with Crippen LogP contribution < -0.4 is 5.48 Å². The van der Waals surface area contributed by atoms with Gasteiger partial charge in [0.2, 0.25) is 0 Å². The largest absolute Gasteiger partial charge is 0.468 e. The van der Waals surface area contributed by atoms with Gasteiger partial charge in [0, 0.05) is 24.4 Å². The lowest BCUT2D eigenvalue weighted by atomic mass is 9.95. The summed E-state index contributed by atoms with van der Waals surface area (Å²) < 4.78 is 5.71. The molecule has 1 atom stereocenters. The van der Waals surface area contributed by atoms with Gasteiger partial charge in [-0.25, -0.2) is 4.98 Å². The Morgan fingerprint density at radius 1 is 1.19 bits per heavy atom. The van der Waals surface area contributed by atoms with Crippen molar-refractivity contribution >= 4 is 28.7 Å². The van der Waals surface area contributed by atoms with Gasteiger partial charge < -0.3 is 9.64 Å². The zero-order valence-electron chi connectivity index (χ0n) is 21.1. The van der Waals surface area contributed by atoms with Crippen LogP contribution in [0.2, 0.25) is 0 Å². The standard InChI is InChI=1S/C29H32N4O2S/c1-19-8-9-20(2)24(16-19)31-28(34-3)33-14-11-22(12-15-33)27-30-26(18-36-27)25-17-29(35-32-25)13-10-21-6-4-5-7-23(21)29/h4-9,16-18,22,32H,10-15H2,1-3H3. The van der Waals surface area contributed by atoms with Gasteiger partial charge in [0.15, 0.2) is 0 Å². The van der Waals surface area contributed by atoms with Gasteiger partial charge in [-0.3, -0.25) is 10.3 Å². The van der Waals surface area contributed by atoms with Crippen molar-refractivity contribution in [3.05, 3.63) is 86.9 Å². The maximum absolute atomic E-state index is 6.16. The minimum absolute atomic E-state index is 0.368. The normalized spacial score (nSPS) is 22.0. The molecule has 1 unspecified atom stereocenters. The Morgan fingerprint density at radius 2 is 2.03 bits per heavy atom. The minimum atomic E-state index is -0.368. The van der Waals surface area contributed by atoms with Crippen LogP contribution in [-0.4, -0.2) is 36.1 Å². The highest BCUT2D eigenvalue weighted by Gasteiger charge is 2.43. The Hall–Kier alpha value is -3.16. The highest BCUT2D eigenvalue weighted by atomic mass is 32.1. The first kappa shape index (κ1) is 23.3. The Balaban J connectivity index is 1.14. The molecule has 3 aliphatic rings. The first-order valence-corrected chi connectivity index (χ1v) is 13.6. The van der Waals surface area contributed by atoms with Crippen molar-refractivity contribution < 1.29 is 9.57 Å². The quantitative estimate of drug-likeness (QED) is 0.354. The third-order valence-corrected chi connectivity index (χ3v) is 8.64. The average Bonchev–Trinajstić information content (AvgIpc) is 3.65. The van der Waals surface area contributed by atoms with Crippen LogP contribution in [-0.2, 0) is 21.6 Å². The van der Waals surface area contributed by atoms with E-state index >= 15 is 0 Å². The summed E-state index contributed by atoms with van der Waals surface area (Å²) in [4.78, 5) is 18.3. The van der Waals surface area contributed by atoms with Crippen molar-refractivity contribution in [3.8, 4) is 0 Å². The molecule has 3 aromatic rings. The number of piperidine rings is 1. The molecular weight excluding hydrogens is 468 g/mol. The Morgan fingerprint density at radius 3 is 2.86 bits per heavy atom. The number of nitrogens with zero attached hydrogens (tertiary/aromatic N) is 3. The van der Waals surface area contributed by atoms with Crippen molar-refractivity contribution in [1.29, 1.82) is 0 Å². The molecule has 0 bridgehead atoms. The van der Waals surface area contributed by atoms with Crippen LogP contribution in [0.1, 0.15) is 58.1 Å². The van der Waals surface area contributed by atoms with E-state index in [0.717, 1.165) is 61.4 Å². The number of rotatable bonds is 3. The first-order valence-electron chi connectivity index (χ1n) is 12.7. The number of thiazole rings is 1. The maximum atomic E-state index is 6.16. The van der Waals surface area contributed by atoms with E-state index in [2.05, 4.69) is 78.1 Å². The molecule has 1 aromatic heterocycles. The summed E-state index contributed by atoms with van der Waals surface area (Å²) >= 11 is 1.75. The molecule has 1 fully saturated rings. The lowest BCUT2D eigenvalue weighted by Crippen LogP contribution is -2.38. The molecule has 2 aromatic carbocycles. The first-order chi connectivity index (χ1) is 17.5. The summed E-state index contributed by atoms with van der Waals surface area (Å²) in [6.07, 6.45) is 6.29. The number of aryl methyl sites for hydroxylation is 3. The molecule has 6 rings (SSSR count). The van der Waals surface area contributed by atoms with Crippen LogP contribution in [0.4, 0.5) is 5.69 Å². The SMILES string of the molecule is COC(=Nc1cc(C)ccc1C)N1CCC(c2nc(C3=CC4(CCc5ccccc54)ON3)cs2)CC1. The van der Waals surface area contributed by atoms with Crippen molar-refractivity contribution in [1.82, 2.24) is 15.4 Å². The average molecular weight is 501 g/mol. The Bertz CT molecular complexity index is 1340. The lowest BCUT2D eigenvalue weighted by molar-refractivity contribution is -0.0368. The summed E-state index contributed by atoms with van der Waals surface area (Å²) in [6.45, 7) is 5.99. The van der Waals surface area contributed by atoms with Gasteiger partial charge in [-0.1, -0.05) is 36.4 Å². The Labute approximate surface area is 216 Å². The van der Waals surface area contributed by atoms with Crippen LogP contribution in [0.25, 0.3) is 5.70 Å². The maximum Gasteiger partial charge on any atom is 0.292 e. The molecule has 0 saturated carbocycles. The summed E-state index contributed by atoms with van der Waals surface area (Å²) in [7, 11) is 1.71. The van der Waals surface area contributed by atoms with Crippen LogP contribution in [0.5, 0.6) is 0 Å². The van der Waals surface area contributed by atoms with Gasteiger partial charge in [0.1, 0.15) is 5.60 Å². The molecular formula is C29H32N4O2S. The predicted octanol–water partition coefficient (Wildman–Crippen LogP) is 5.99. The van der Waals surface area contributed by atoms with E-state index in [1.54, 1.807) is 18.4 Å². The van der Waals surface area contributed by atoms with E-state index in [4.69, 9.17) is 19.6 Å². The molecule has 7 heteroatoms. The minimum Gasteiger partial charge on any atom is -0.468 e. The van der Waals surface area contributed by atoms with Crippen LogP contribution in [0, 0.1) is 13.8 Å². The second-order valence-electron chi connectivity index (χ2n) is 10.0. The number of hydrogen-bond donors (Lipinski definition) is 1. The molecule has 1 saturated heterocycles. The predicted molar refractivity (Wildman–Crippen MR) is 144 cm³/mol. The van der Waals surface area contributed by atoms with Gasteiger partial charge in [-0.05, 0) is 73.9 Å². The van der Waals surface area contributed by atoms with E-state index in [-0.39, 0.29) is 5.60 Å². The number of amidine groups is 1. The van der Waals surface area contributed by atoms with Gasteiger partial charge in [-0.2, -0.15) is 4.99 Å². The molecule has 186 valence electrons. The number of hydrogen-bond acceptors (Lipinski definition) is 6. The van der Waals surface area contributed by atoms with Crippen LogP contribution >= 0.6 is 11.3 Å². The number of methoxy groups -OCH3 is 1. The second-order valence-corrected chi connectivity index (χ2v) is 10.9. The summed E-state index contributed by atoms with van der Waals surface area (Å²) in [5.41, 5.74) is 10.8. The smallest absolute Gasteiger partial charge is 0.292 e. The monoisotopic (exact) mass is 500 g/mol. The third-order valence-electron chi connectivity index (χ3n) is 7.64. The van der Waals surface area contributed by atoms with E-state index in [1.807, 2.05) is 0 Å². The number of ether oxygens (including phenoxy) is 1. The van der Waals surface area contributed by atoms with Crippen molar-refractivity contribution in [2.45, 2.75) is 51.0 Å². The number of likely N-dealkylation sites (tertiary alicyclic amines) is 1. The molecule has 1 aliphatic carbocycles. The molecule has 1 spiro atoms. The Kier molecular flexibility index (Phi) is 6.05. The number of aromatic nitrogens is 1. The second kappa shape index (κ2) is 9.37. The van der Waals surface area contributed by atoms with Crippen molar-refractivity contribution in [2.24, 2.45) is 4.99 Å². The molecule has 3 heterocycles. The number of aliphatic imine (C=N–C) groups is 1. The summed E-state index contributed by atoms with van der Waals surface area (Å²) in [5, 5.41) is 3.36. The van der Waals surface area contributed by atoms with E-state index in [1.165, 1.54) is 21.7 Å². The van der Waals surface area contributed by atoms with Gasteiger partial charge >= 0.3 is 0 Å². The lowest BCUT2D eigenvalue weighted by Gasteiger charge is -2.32. The van der Waals surface area contributed by atoms with Crippen molar-refractivity contribution in [2.75, 3.05) is 20.2 Å². The number of hydroxylamine groups is 1. The van der Waals surface area contributed by atoms with Gasteiger partial charge in [0.25, 0.3) is 6.02 Å². The number of nitrogens with one attached hydrogen (secondary N) is 1. The molecule has 1 N–H and O–H groups in total. The van der Waals surface area contributed by atoms with E-state index in [9.17, 15) is 0 Å². The highest BCUT2D eigenvalue weighted by Crippen LogP contribution is 2.45. The fourth-order valence-electron chi connectivity index (χ4n) is 5.53. The fraction of sp³-hybridized carbons (Fsp3) is 0.379. The number of fused-ring (bicyclic) bond motifs is 2. The van der Waals surface area contributed by atoms with Crippen molar-refractivity contribution in [3.63, 3.8) is 0 Å². The summed E-state index contributed by atoms with van der Waals surface area (Å²) in [5.74, 6) is 0.447. The molecule has 36 heavy (non-hydrogen) atoms. The number of benzene rings is 2. The van der Waals surface area contributed by atoms with Crippen LogP contribution in [0.3, 0.4) is 0 Å². The molecule has 2 aliphatic heterocycles. The zero-order chi connectivity index (χ0) is 24.7. The topological polar surface area (TPSA) is 59.0 Å². The van der Waals surface area contributed by atoms with Gasteiger partial charge in [0.05, 0.1) is 29.2 Å². The summed E-state index contributed by atoms with van der Waals surface area (Å²) in [6, 6.07) is 15.6. The third kappa shape index (κ3) is 4.20. The molecule has 0 amide bonds. The fourth-order valence-corrected chi connectivity index (χ4v) is 6.52. The molecule has 0 radical (unpaired) electrons. The molecule has 6 nitrogen and oxygen atoms in total. The highest BCUT2D eigenvalue weighted by molar-refractivity contribution is 7.09. The van der Waals surface area contributed by atoms with Crippen LogP contribution in [0.15, 0.2) is 58.9 Å².